The molecule has 1 atom stereocenters. The van der Waals surface area contributed by atoms with Crippen LogP contribution in [0.25, 0.3) is 0 Å². The maximum atomic E-state index is 13.1. The zero-order valence-electron chi connectivity index (χ0n) is 15.2. The molecule has 3 rings (SSSR count). The number of aromatic nitrogens is 2. The maximum absolute atomic E-state index is 13.1. The minimum Gasteiger partial charge on any atom is -0.368 e. The minimum absolute atomic E-state index is 0.239. The number of carbonyl (C=O) groups excluding carboxylic acids is 2. The van der Waals surface area contributed by atoms with Gasteiger partial charge in [-0.1, -0.05) is 0 Å². The molecule has 0 spiro atoms. The van der Waals surface area contributed by atoms with Crippen LogP contribution in [0.5, 0.6) is 0 Å². The van der Waals surface area contributed by atoms with Gasteiger partial charge < -0.3 is 20.4 Å². The molecule has 2 N–H and O–H groups in total. The SMILES string of the molecule is CN(C)c1ncc(C(=O)N2CCN(c3ccc(F)cc3)CC2C(N)=O)cn1. The van der Waals surface area contributed by atoms with Gasteiger partial charge in [-0.05, 0) is 24.3 Å². The van der Waals surface area contributed by atoms with E-state index in [4.69, 9.17) is 5.73 Å². The Bertz CT molecular complexity index is 825. The summed E-state index contributed by atoms with van der Waals surface area (Å²) in [5.41, 5.74) is 6.61. The molecule has 0 radical (unpaired) electrons. The molecular weight excluding hydrogens is 351 g/mol. The zero-order valence-corrected chi connectivity index (χ0v) is 15.2. The van der Waals surface area contributed by atoms with Gasteiger partial charge in [0.15, 0.2) is 0 Å². The van der Waals surface area contributed by atoms with E-state index < -0.39 is 11.9 Å². The van der Waals surface area contributed by atoms with Crippen LogP contribution in [0, 0.1) is 5.82 Å². The van der Waals surface area contributed by atoms with E-state index in [0.29, 0.717) is 24.6 Å². The van der Waals surface area contributed by atoms with Crippen LogP contribution in [0.2, 0.25) is 0 Å². The molecule has 142 valence electrons. The van der Waals surface area contributed by atoms with Crippen molar-refractivity contribution in [3.8, 4) is 0 Å². The van der Waals surface area contributed by atoms with Crippen LogP contribution in [0.4, 0.5) is 16.0 Å². The van der Waals surface area contributed by atoms with E-state index in [1.165, 1.54) is 29.4 Å². The van der Waals surface area contributed by atoms with Crippen LogP contribution in [0.3, 0.4) is 0 Å². The Morgan fingerprint density at radius 2 is 1.78 bits per heavy atom. The van der Waals surface area contributed by atoms with Crippen molar-refractivity contribution in [2.24, 2.45) is 5.73 Å². The van der Waals surface area contributed by atoms with Crippen molar-refractivity contribution in [3.63, 3.8) is 0 Å². The lowest BCUT2D eigenvalue weighted by Crippen LogP contribution is -2.60. The molecule has 1 fully saturated rings. The molecule has 8 nitrogen and oxygen atoms in total. The number of carbonyl (C=O) groups is 2. The molecule has 1 aliphatic heterocycles. The summed E-state index contributed by atoms with van der Waals surface area (Å²) in [5, 5.41) is 0. The smallest absolute Gasteiger partial charge is 0.257 e. The number of primary amides is 1. The van der Waals surface area contributed by atoms with Gasteiger partial charge in [-0.2, -0.15) is 0 Å². The Kier molecular flexibility index (Phi) is 5.20. The van der Waals surface area contributed by atoms with Crippen molar-refractivity contribution < 1.29 is 14.0 Å². The number of piperazine rings is 1. The number of nitrogens with zero attached hydrogens (tertiary/aromatic N) is 5. The Labute approximate surface area is 156 Å². The van der Waals surface area contributed by atoms with Crippen molar-refractivity contribution in [2.45, 2.75) is 6.04 Å². The van der Waals surface area contributed by atoms with Crippen molar-refractivity contribution >= 4 is 23.5 Å². The fourth-order valence-electron chi connectivity index (χ4n) is 2.98. The van der Waals surface area contributed by atoms with Crippen LogP contribution in [-0.2, 0) is 4.79 Å². The number of hydrogen-bond acceptors (Lipinski definition) is 6. The van der Waals surface area contributed by atoms with Crippen LogP contribution in [0.15, 0.2) is 36.7 Å². The topological polar surface area (TPSA) is 95.7 Å². The zero-order chi connectivity index (χ0) is 19.6. The first-order chi connectivity index (χ1) is 12.9. The minimum atomic E-state index is -0.801. The Balaban J connectivity index is 1.78. The monoisotopic (exact) mass is 372 g/mol. The van der Waals surface area contributed by atoms with E-state index in [-0.39, 0.29) is 18.3 Å². The Hall–Kier alpha value is -3.23. The molecule has 0 aliphatic carbocycles. The van der Waals surface area contributed by atoms with E-state index in [1.807, 2.05) is 4.90 Å². The first-order valence-electron chi connectivity index (χ1n) is 8.47. The standard InChI is InChI=1S/C18H21FN6O2/c1-23(2)18-21-9-12(10-22-18)17(27)25-8-7-24(11-15(25)16(20)26)14-5-3-13(19)4-6-14/h3-6,9-10,15H,7-8,11H2,1-2H3,(H2,20,26). The molecule has 0 saturated carbocycles. The predicted octanol–water partition coefficient (Wildman–Crippen LogP) is 0.498. The molecule has 27 heavy (non-hydrogen) atoms. The molecule has 2 amide bonds. The largest absolute Gasteiger partial charge is 0.368 e. The van der Waals surface area contributed by atoms with E-state index in [2.05, 4.69) is 9.97 Å². The lowest BCUT2D eigenvalue weighted by Gasteiger charge is -2.41. The second-order valence-electron chi connectivity index (χ2n) is 6.51. The highest BCUT2D eigenvalue weighted by atomic mass is 19.1. The van der Waals surface area contributed by atoms with Gasteiger partial charge >= 0.3 is 0 Å². The summed E-state index contributed by atoms with van der Waals surface area (Å²) >= 11 is 0. The molecule has 0 bridgehead atoms. The Morgan fingerprint density at radius 1 is 1.15 bits per heavy atom. The van der Waals surface area contributed by atoms with E-state index in [1.54, 1.807) is 31.1 Å². The molecule has 1 unspecified atom stereocenters. The third-order valence-corrected chi connectivity index (χ3v) is 4.45. The van der Waals surface area contributed by atoms with Gasteiger partial charge in [0.2, 0.25) is 11.9 Å². The molecule has 1 aliphatic rings. The quantitative estimate of drug-likeness (QED) is 0.840. The summed E-state index contributed by atoms with van der Waals surface area (Å²) in [7, 11) is 3.60. The molecule has 9 heteroatoms. The summed E-state index contributed by atoms with van der Waals surface area (Å²) in [6.07, 6.45) is 2.88. The number of hydrogen-bond donors (Lipinski definition) is 1. The summed E-state index contributed by atoms with van der Waals surface area (Å²) in [5.74, 6) is -0.789. The number of amides is 2. The molecule has 2 aromatic rings. The first-order valence-corrected chi connectivity index (χ1v) is 8.47. The number of nitrogens with two attached hydrogens (primary N) is 1. The maximum Gasteiger partial charge on any atom is 0.257 e. The highest BCUT2D eigenvalue weighted by Gasteiger charge is 2.35. The first kappa shape index (κ1) is 18.6. The number of halogens is 1. The van der Waals surface area contributed by atoms with Gasteiger partial charge in [-0.25, -0.2) is 14.4 Å². The van der Waals surface area contributed by atoms with Gasteiger partial charge in [0, 0.05) is 51.8 Å². The average molecular weight is 372 g/mol. The lowest BCUT2D eigenvalue weighted by molar-refractivity contribution is -0.122. The average Bonchev–Trinajstić information content (AvgIpc) is 2.67. The number of benzene rings is 1. The molecule has 1 aromatic carbocycles. The third-order valence-electron chi connectivity index (χ3n) is 4.45. The number of anilines is 2. The lowest BCUT2D eigenvalue weighted by atomic mass is 10.1. The fourth-order valence-corrected chi connectivity index (χ4v) is 2.98. The van der Waals surface area contributed by atoms with Gasteiger partial charge in [0.25, 0.3) is 5.91 Å². The van der Waals surface area contributed by atoms with Gasteiger partial charge in [-0.15, -0.1) is 0 Å². The third kappa shape index (κ3) is 3.97. The van der Waals surface area contributed by atoms with E-state index in [0.717, 1.165) is 5.69 Å². The van der Waals surface area contributed by atoms with Gasteiger partial charge in [-0.3, -0.25) is 9.59 Å². The summed E-state index contributed by atoms with van der Waals surface area (Å²) in [6, 6.07) is 5.19. The number of rotatable bonds is 4. The van der Waals surface area contributed by atoms with Crippen molar-refractivity contribution in [2.75, 3.05) is 43.5 Å². The second-order valence-corrected chi connectivity index (χ2v) is 6.51. The van der Waals surface area contributed by atoms with Crippen LogP contribution < -0.4 is 15.5 Å². The highest BCUT2D eigenvalue weighted by molar-refractivity contribution is 5.97. The van der Waals surface area contributed by atoms with Crippen molar-refractivity contribution in [1.29, 1.82) is 0 Å². The second kappa shape index (κ2) is 7.56. The Morgan fingerprint density at radius 3 is 2.33 bits per heavy atom. The van der Waals surface area contributed by atoms with Crippen molar-refractivity contribution in [1.82, 2.24) is 14.9 Å². The van der Waals surface area contributed by atoms with Crippen LogP contribution >= 0.6 is 0 Å². The molecule has 1 saturated heterocycles. The molecule has 2 heterocycles. The van der Waals surface area contributed by atoms with Crippen LogP contribution in [-0.4, -0.2) is 66.5 Å². The van der Waals surface area contributed by atoms with Gasteiger partial charge in [0.1, 0.15) is 11.9 Å². The fraction of sp³-hybridized carbons (Fsp3) is 0.333. The normalized spacial score (nSPS) is 16.9. The summed E-state index contributed by atoms with van der Waals surface area (Å²) < 4.78 is 13.1. The highest BCUT2D eigenvalue weighted by Crippen LogP contribution is 2.21. The van der Waals surface area contributed by atoms with E-state index >= 15 is 0 Å². The predicted molar refractivity (Wildman–Crippen MR) is 99.0 cm³/mol. The molecular formula is C18H21FN6O2. The van der Waals surface area contributed by atoms with Gasteiger partial charge in [0.05, 0.1) is 5.56 Å². The van der Waals surface area contributed by atoms with E-state index in [9.17, 15) is 14.0 Å². The van der Waals surface area contributed by atoms with Crippen molar-refractivity contribution in [3.05, 3.63) is 48.0 Å². The summed E-state index contributed by atoms with van der Waals surface area (Å²) in [6.45, 7) is 1.04. The van der Waals surface area contributed by atoms with Crippen LogP contribution in [0.1, 0.15) is 10.4 Å². The summed E-state index contributed by atoms with van der Waals surface area (Å²) in [4.78, 5) is 38.2. The molecule has 1 aromatic heterocycles.